The molecule has 1 heterocycles. The third-order valence-electron chi connectivity index (χ3n) is 5.06. The van der Waals surface area contributed by atoms with Crippen molar-refractivity contribution in [2.24, 2.45) is 0 Å². The van der Waals surface area contributed by atoms with Gasteiger partial charge in [-0.25, -0.2) is 0 Å². The Morgan fingerprint density at radius 1 is 0.913 bits per heavy atom. The first-order valence-corrected chi connectivity index (χ1v) is 9.91. The fourth-order valence-electron chi connectivity index (χ4n) is 3.63. The van der Waals surface area contributed by atoms with Crippen LogP contribution in [0.5, 0.6) is 0 Å². The first kappa shape index (κ1) is 18.5. The summed E-state index contributed by atoms with van der Waals surface area (Å²) in [6, 6.07) is 11.6. The molecule has 23 heavy (non-hydrogen) atoms. The Balaban J connectivity index is 1.72. The van der Waals surface area contributed by atoms with Crippen molar-refractivity contribution in [2.75, 3.05) is 26.2 Å². The van der Waals surface area contributed by atoms with Crippen molar-refractivity contribution in [3.8, 4) is 0 Å². The maximum Gasteiger partial charge on any atom is 0.0472 e. The fourth-order valence-corrected chi connectivity index (χ4v) is 3.63. The highest BCUT2D eigenvalue weighted by Crippen LogP contribution is 2.24. The van der Waals surface area contributed by atoms with E-state index in [0.717, 1.165) is 6.54 Å². The van der Waals surface area contributed by atoms with Crippen LogP contribution in [0.2, 0.25) is 0 Å². The molecule has 2 rings (SSSR count). The summed E-state index contributed by atoms with van der Waals surface area (Å²) in [6.07, 6.45) is 12.4. The van der Waals surface area contributed by atoms with Gasteiger partial charge in [0.2, 0.25) is 0 Å². The average Bonchev–Trinajstić information content (AvgIpc) is 2.62. The lowest BCUT2D eigenvalue weighted by atomic mass is 10.0. The quantitative estimate of drug-likeness (QED) is 0.567. The predicted octanol–water partition coefficient (Wildman–Crippen LogP) is 5.16. The van der Waals surface area contributed by atoms with Gasteiger partial charge in [0, 0.05) is 12.6 Å². The average molecular weight is 317 g/mol. The van der Waals surface area contributed by atoms with Crippen LogP contribution in [-0.4, -0.2) is 31.1 Å². The van der Waals surface area contributed by atoms with E-state index in [0.29, 0.717) is 6.04 Å². The molecule has 0 bridgehead atoms. The zero-order valence-electron chi connectivity index (χ0n) is 15.1. The Morgan fingerprint density at radius 3 is 2.35 bits per heavy atom. The topological polar surface area (TPSA) is 15.3 Å². The van der Waals surface area contributed by atoms with Crippen LogP contribution in [0.1, 0.15) is 76.3 Å². The lowest BCUT2D eigenvalue weighted by molar-refractivity contribution is 0.160. The monoisotopic (exact) mass is 316 g/mol. The van der Waals surface area contributed by atoms with E-state index in [-0.39, 0.29) is 0 Å². The Morgan fingerprint density at radius 2 is 1.61 bits per heavy atom. The van der Waals surface area contributed by atoms with E-state index in [9.17, 15) is 0 Å². The van der Waals surface area contributed by atoms with Crippen LogP contribution >= 0.6 is 0 Å². The van der Waals surface area contributed by atoms with Gasteiger partial charge in [-0.2, -0.15) is 0 Å². The molecule has 0 amide bonds. The largest absolute Gasteiger partial charge is 0.315 e. The van der Waals surface area contributed by atoms with Gasteiger partial charge in [0.15, 0.2) is 0 Å². The molecular weight excluding hydrogens is 280 g/mol. The van der Waals surface area contributed by atoms with Gasteiger partial charge >= 0.3 is 0 Å². The zero-order chi connectivity index (χ0) is 16.2. The summed E-state index contributed by atoms with van der Waals surface area (Å²) in [5.41, 5.74) is 1.48. The predicted molar refractivity (Wildman–Crippen MR) is 101 cm³/mol. The third kappa shape index (κ3) is 7.05. The van der Waals surface area contributed by atoms with Gasteiger partial charge in [-0.05, 0) is 44.5 Å². The van der Waals surface area contributed by atoms with Gasteiger partial charge in [-0.3, -0.25) is 4.90 Å². The van der Waals surface area contributed by atoms with Crippen molar-refractivity contribution in [1.29, 1.82) is 0 Å². The van der Waals surface area contributed by atoms with Gasteiger partial charge in [-0.1, -0.05) is 75.8 Å². The highest BCUT2D eigenvalue weighted by molar-refractivity contribution is 5.19. The number of nitrogens with zero attached hydrogens (tertiary/aromatic N) is 1. The molecule has 0 radical (unpaired) electrons. The number of hydrogen-bond donors (Lipinski definition) is 1. The van der Waals surface area contributed by atoms with Gasteiger partial charge in [0.05, 0.1) is 0 Å². The molecule has 2 heteroatoms. The van der Waals surface area contributed by atoms with E-state index in [1.807, 2.05) is 0 Å². The molecule has 1 saturated heterocycles. The van der Waals surface area contributed by atoms with Crippen molar-refractivity contribution >= 4 is 0 Å². The van der Waals surface area contributed by atoms with Crippen LogP contribution in [0.25, 0.3) is 0 Å². The van der Waals surface area contributed by atoms with Crippen LogP contribution in [0, 0.1) is 0 Å². The van der Waals surface area contributed by atoms with E-state index in [1.54, 1.807) is 0 Å². The van der Waals surface area contributed by atoms with Crippen LogP contribution in [0.4, 0.5) is 0 Å². The lowest BCUT2D eigenvalue weighted by Crippen LogP contribution is -2.39. The summed E-state index contributed by atoms with van der Waals surface area (Å²) >= 11 is 0. The fraction of sp³-hybridized carbons (Fsp3) is 0.714. The van der Waals surface area contributed by atoms with Crippen molar-refractivity contribution in [1.82, 2.24) is 10.2 Å². The lowest BCUT2D eigenvalue weighted by Gasteiger charge is -2.35. The second kappa shape index (κ2) is 11.6. The zero-order valence-corrected chi connectivity index (χ0v) is 15.1. The third-order valence-corrected chi connectivity index (χ3v) is 5.06. The maximum absolute atomic E-state index is 3.73. The van der Waals surface area contributed by atoms with E-state index in [1.165, 1.54) is 83.0 Å². The molecule has 2 nitrogen and oxygen atoms in total. The molecule has 0 aromatic heterocycles. The first-order valence-electron chi connectivity index (χ1n) is 9.91. The summed E-state index contributed by atoms with van der Waals surface area (Å²) in [5.74, 6) is 0. The molecular formula is C21H36N2. The number of unbranched alkanes of at least 4 members (excludes halogenated alkanes) is 5. The molecule has 0 aliphatic carbocycles. The van der Waals surface area contributed by atoms with Crippen molar-refractivity contribution < 1.29 is 0 Å². The van der Waals surface area contributed by atoms with Crippen molar-refractivity contribution in [3.63, 3.8) is 0 Å². The van der Waals surface area contributed by atoms with E-state index in [2.05, 4.69) is 47.5 Å². The molecule has 0 spiro atoms. The smallest absolute Gasteiger partial charge is 0.0472 e. The summed E-state index contributed by atoms with van der Waals surface area (Å²) in [6.45, 7) is 7.07. The van der Waals surface area contributed by atoms with Crippen LogP contribution < -0.4 is 5.32 Å². The molecule has 1 unspecified atom stereocenters. The second-order valence-electron chi connectivity index (χ2n) is 7.00. The Labute approximate surface area is 143 Å². The van der Waals surface area contributed by atoms with Crippen molar-refractivity contribution in [2.45, 2.75) is 70.8 Å². The normalized spacial score (nSPS) is 17.3. The minimum atomic E-state index is 0.552. The van der Waals surface area contributed by atoms with Gasteiger partial charge in [0.1, 0.15) is 0 Å². The Kier molecular flexibility index (Phi) is 9.35. The highest BCUT2D eigenvalue weighted by Gasteiger charge is 2.21. The van der Waals surface area contributed by atoms with E-state index < -0.39 is 0 Å². The van der Waals surface area contributed by atoms with Crippen molar-refractivity contribution in [3.05, 3.63) is 35.9 Å². The summed E-state index contributed by atoms with van der Waals surface area (Å²) in [5, 5.41) is 3.73. The summed E-state index contributed by atoms with van der Waals surface area (Å²) in [7, 11) is 0. The first-order chi connectivity index (χ1) is 11.4. The highest BCUT2D eigenvalue weighted by atomic mass is 15.2. The van der Waals surface area contributed by atoms with Crippen LogP contribution in [-0.2, 0) is 0 Å². The molecule has 1 aromatic carbocycles. The number of rotatable bonds is 11. The van der Waals surface area contributed by atoms with Crippen LogP contribution in [0.15, 0.2) is 30.3 Å². The molecule has 1 aliphatic heterocycles. The number of hydrogen-bond acceptors (Lipinski definition) is 2. The Hall–Kier alpha value is -0.860. The number of benzene rings is 1. The van der Waals surface area contributed by atoms with Gasteiger partial charge in [-0.15, -0.1) is 0 Å². The molecule has 1 aromatic rings. The summed E-state index contributed by atoms with van der Waals surface area (Å²) in [4.78, 5) is 2.69. The second-order valence-corrected chi connectivity index (χ2v) is 7.00. The van der Waals surface area contributed by atoms with Gasteiger partial charge < -0.3 is 5.32 Å². The molecule has 1 fully saturated rings. The number of nitrogens with one attached hydrogen (secondary N) is 1. The van der Waals surface area contributed by atoms with Gasteiger partial charge in [0.25, 0.3) is 0 Å². The number of likely N-dealkylation sites (tertiary alicyclic amines) is 1. The standard InChI is InChI=1S/C21H36N2/c1-2-3-4-5-6-11-16-22-19-21(20-14-9-7-10-15-20)23-17-12-8-13-18-23/h7,9-10,14-15,21-22H,2-6,8,11-13,16-19H2,1H3. The molecule has 0 saturated carbocycles. The molecule has 1 aliphatic rings. The molecule has 1 N–H and O–H groups in total. The minimum Gasteiger partial charge on any atom is -0.315 e. The Bertz CT molecular complexity index is 384. The van der Waals surface area contributed by atoms with Crippen LogP contribution in [0.3, 0.4) is 0 Å². The maximum atomic E-state index is 3.73. The molecule has 1 atom stereocenters. The molecule has 130 valence electrons. The minimum absolute atomic E-state index is 0.552. The number of piperidine rings is 1. The summed E-state index contributed by atoms with van der Waals surface area (Å²) < 4.78 is 0. The van der Waals surface area contributed by atoms with E-state index >= 15 is 0 Å². The van der Waals surface area contributed by atoms with E-state index in [4.69, 9.17) is 0 Å². The SMILES string of the molecule is CCCCCCCCNCC(c1ccccc1)N1CCCCC1.